The number of sulfone groups is 1. The van der Waals surface area contributed by atoms with Crippen molar-refractivity contribution in [2.24, 2.45) is 11.7 Å². The molecule has 0 radical (unpaired) electrons. The van der Waals surface area contributed by atoms with Crippen LogP contribution in [0.5, 0.6) is 0 Å². The number of carbonyl (C=O) groups excluding carboxylic acids is 1. The number of rotatable bonds is 6. The van der Waals surface area contributed by atoms with E-state index in [1.165, 1.54) is 12.1 Å². The fourth-order valence-corrected chi connectivity index (χ4v) is 6.28. The van der Waals surface area contributed by atoms with Crippen LogP contribution in [0.15, 0.2) is 47.4 Å². The molecule has 0 saturated carbocycles. The van der Waals surface area contributed by atoms with Gasteiger partial charge >= 0.3 is 0 Å². The van der Waals surface area contributed by atoms with E-state index in [-0.39, 0.29) is 34.9 Å². The van der Waals surface area contributed by atoms with Gasteiger partial charge in [0.1, 0.15) is 11.6 Å². The Morgan fingerprint density at radius 3 is 2.22 bits per heavy atom. The van der Waals surface area contributed by atoms with Crippen LogP contribution in [0, 0.1) is 23.4 Å². The second-order valence-corrected chi connectivity index (χ2v) is 10.7. The van der Waals surface area contributed by atoms with Crippen molar-refractivity contribution < 1.29 is 26.4 Å². The van der Waals surface area contributed by atoms with E-state index in [2.05, 4.69) is 0 Å². The zero-order valence-corrected chi connectivity index (χ0v) is 18.2. The first kappa shape index (κ1) is 22.8. The van der Waals surface area contributed by atoms with Crippen LogP contribution in [0.4, 0.5) is 13.2 Å². The number of hydrogen-bond acceptors (Lipinski definition) is 4. The lowest BCUT2D eigenvalue weighted by molar-refractivity contribution is -0.133. The number of hydrogen-bond donors (Lipinski definition) is 1. The summed E-state index contributed by atoms with van der Waals surface area (Å²) in [7, 11) is -3.73. The molecule has 2 aliphatic rings. The molecule has 0 spiro atoms. The van der Waals surface area contributed by atoms with Crippen LogP contribution in [-0.4, -0.2) is 43.1 Å². The summed E-state index contributed by atoms with van der Waals surface area (Å²) in [5, 5.41) is 0. The minimum absolute atomic E-state index is 0.0243. The van der Waals surface area contributed by atoms with Gasteiger partial charge in [0.2, 0.25) is 5.91 Å². The topological polar surface area (TPSA) is 80.5 Å². The number of fused-ring (bicyclic) bond motifs is 2. The minimum Gasteiger partial charge on any atom is -0.336 e. The van der Waals surface area contributed by atoms with Crippen molar-refractivity contribution in [1.29, 1.82) is 0 Å². The summed E-state index contributed by atoms with van der Waals surface area (Å²) in [5.41, 5.74) is 6.33. The summed E-state index contributed by atoms with van der Waals surface area (Å²) in [6.07, 6.45) is 2.71. The monoisotopic (exact) mass is 466 g/mol. The molecule has 4 rings (SSSR count). The van der Waals surface area contributed by atoms with Gasteiger partial charge < -0.3 is 10.6 Å². The average Bonchev–Trinajstić information content (AvgIpc) is 3.02. The summed E-state index contributed by atoms with van der Waals surface area (Å²) in [4.78, 5) is 14.7. The van der Waals surface area contributed by atoms with Crippen LogP contribution in [0.3, 0.4) is 0 Å². The van der Waals surface area contributed by atoms with Gasteiger partial charge in [-0.2, -0.15) is 0 Å². The highest BCUT2D eigenvalue weighted by Crippen LogP contribution is 2.40. The maximum Gasteiger partial charge on any atom is 0.238 e. The van der Waals surface area contributed by atoms with Crippen molar-refractivity contribution in [3.8, 4) is 0 Å². The Morgan fingerprint density at radius 1 is 1.00 bits per heavy atom. The second-order valence-electron chi connectivity index (χ2n) is 8.72. The molecule has 2 bridgehead atoms. The van der Waals surface area contributed by atoms with E-state index in [1.807, 2.05) is 0 Å². The van der Waals surface area contributed by atoms with E-state index in [9.17, 15) is 26.4 Å². The van der Waals surface area contributed by atoms with Gasteiger partial charge in [0.15, 0.2) is 21.5 Å². The molecular formula is C23H25F3N2O3S. The van der Waals surface area contributed by atoms with Crippen LogP contribution in [0.1, 0.15) is 31.2 Å². The Bertz CT molecular complexity index is 1100. The zero-order valence-electron chi connectivity index (χ0n) is 17.4. The molecule has 0 aliphatic carbocycles. The van der Waals surface area contributed by atoms with Gasteiger partial charge in [-0.1, -0.05) is 18.2 Å². The molecule has 32 heavy (non-hydrogen) atoms. The molecule has 4 atom stereocenters. The largest absolute Gasteiger partial charge is 0.336 e. The first-order chi connectivity index (χ1) is 15.2. The fourth-order valence-electron chi connectivity index (χ4n) is 5.06. The second kappa shape index (κ2) is 8.86. The predicted molar refractivity (Wildman–Crippen MR) is 113 cm³/mol. The average molecular weight is 467 g/mol. The molecule has 2 saturated heterocycles. The van der Waals surface area contributed by atoms with E-state index in [4.69, 9.17) is 5.73 Å². The van der Waals surface area contributed by atoms with Gasteiger partial charge in [-0.25, -0.2) is 21.6 Å². The molecule has 2 aromatic rings. The third kappa shape index (κ3) is 4.54. The van der Waals surface area contributed by atoms with Gasteiger partial charge in [-0.15, -0.1) is 0 Å². The van der Waals surface area contributed by atoms with Crippen molar-refractivity contribution in [2.45, 2.75) is 55.1 Å². The molecule has 0 aromatic heterocycles. The standard InChI is InChI=1S/C23H25F3N2O3S/c24-19-12-21(26)20(25)10-14(19)11-22(27)15-8-16-6-7-17(9-15)28(16)23(29)13-32(30,31)18-4-2-1-3-5-18/h1-5,10,12,15-17,22H,6-9,11,13,27H2/t15-,16-,17+,22-/m1/s1. The third-order valence-corrected chi connectivity index (χ3v) is 8.24. The molecule has 9 heteroatoms. The molecular weight excluding hydrogens is 441 g/mol. The first-order valence-electron chi connectivity index (χ1n) is 10.6. The summed E-state index contributed by atoms with van der Waals surface area (Å²) in [6.45, 7) is 0. The van der Waals surface area contributed by atoms with E-state index >= 15 is 0 Å². The molecule has 2 aliphatic heterocycles. The summed E-state index contributed by atoms with van der Waals surface area (Å²) in [6, 6.07) is 8.51. The molecule has 2 heterocycles. The lowest BCUT2D eigenvalue weighted by Crippen LogP contribution is -2.51. The third-order valence-electron chi connectivity index (χ3n) is 6.62. The minimum atomic E-state index is -3.73. The maximum absolute atomic E-state index is 14.0. The van der Waals surface area contributed by atoms with Crippen LogP contribution in [0.2, 0.25) is 0 Å². The van der Waals surface area contributed by atoms with Crippen LogP contribution in [-0.2, 0) is 21.1 Å². The molecule has 2 fully saturated rings. The smallest absolute Gasteiger partial charge is 0.238 e. The fraction of sp³-hybridized carbons (Fsp3) is 0.435. The van der Waals surface area contributed by atoms with E-state index in [0.717, 1.165) is 18.9 Å². The van der Waals surface area contributed by atoms with E-state index in [1.54, 1.807) is 23.1 Å². The number of nitrogens with two attached hydrogens (primary N) is 1. The predicted octanol–water partition coefficient (Wildman–Crippen LogP) is 3.22. The summed E-state index contributed by atoms with van der Waals surface area (Å²) in [5.74, 6) is -4.22. The Morgan fingerprint density at radius 2 is 1.59 bits per heavy atom. The van der Waals surface area contributed by atoms with Gasteiger partial charge in [0, 0.05) is 24.2 Å². The lowest BCUT2D eigenvalue weighted by atomic mass is 9.82. The van der Waals surface area contributed by atoms with Crippen LogP contribution < -0.4 is 5.73 Å². The summed E-state index contributed by atoms with van der Waals surface area (Å²) < 4.78 is 65.9. The normalized spacial score (nSPS) is 23.9. The van der Waals surface area contributed by atoms with Crippen LogP contribution in [0.25, 0.3) is 0 Å². The Balaban J connectivity index is 1.42. The van der Waals surface area contributed by atoms with Gasteiger partial charge in [-0.05, 0) is 61.8 Å². The molecule has 0 unspecified atom stereocenters. The highest BCUT2D eigenvalue weighted by Gasteiger charge is 2.45. The van der Waals surface area contributed by atoms with Crippen molar-refractivity contribution >= 4 is 15.7 Å². The van der Waals surface area contributed by atoms with Gasteiger partial charge in [0.05, 0.1) is 4.90 Å². The zero-order chi connectivity index (χ0) is 23.0. The quantitative estimate of drug-likeness (QED) is 0.663. The number of carbonyl (C=O) groups is 1. The summed E-state index contributed by atoms with van der Waals surface area (Å²) >= 11 is 0. The number of halogens is 3. The number of piperidine rings is 1. The van der Waals surface area contributed by atoms with Crippen molar-refractivity contribution in [1.82, 2.24) is 4.90 Å². The van der Waals surface area contributed by atoms with E-state index < -0.39 is 45.0 Å². The highest BCUT2D eigenvalue weighted by molar-refractivity contribution is 7.92. The Kier molecular flexibility index (Phi) is 6.31. The number of amides is 1. The number of nitrogens with zero attached hydrogens (tertiary/aromatic N) is 1. The van der Waals surface area contributed by atoms with Crippen molar-refractivity contribution in [3.63, 3.8) is 0 Å². The Hall–Kier alpha value is -2.39. The van der Waals surface area contributed by atoms with Crippen LogP contribution >= 0.6 is 0 Å². The molecule has 5 nitrogen and oxygen atoms in total. The maximum atomic E-state index is 14.0. The first-order valence-corrected chi connectivity index (χ1v) is 12.3. The molecule has 1 amide bonds. The highest BCUT2D eigenvalue weighted by atomic mass is 32.2. The molecule has 2 aromatic carbocycles. The molecule has 2 N–H and O–H groups in total. The lowest BCUT2D eigenvalue weighted by Gasteiger charge is -2.41. The number of benzene rings is 2. The van der Waals surface area contributed by atoms with Gasteiger partial charge in [0.25, 0.3) is 0 Å². The van der Waals surface area contributed by atoms with Gasteiger partial charge in [-0.3, -0.25) is 4.79 Å². The van der Waals surface area contributed by atoms with Crippen molar-refractivity contribution in [2.75, 3.05) is 5.75 Å². The molecule has 172 valence electrons. The van der Waals surface area contributed by atoms with E-state index in [0.29, 0.717) is 18.9 Å². The SMILES string of the molecule is N[C@H](Cc1cc(F)c(F)cc1F)[C@@H]1C[C@H]2CC[C@@H](C1)N2C(=O)CS(=O)(=O)c1ccccc1. The van der Waals surface area contributed by atoms with Crippen molar-refractivity contribution in [3.05, 3.63) is 65.5 Å². The Labute approximate surface area is 185 Å².